The minimum Gasteiger partial charge on any atom is -0.378 e. The van der Waals surface area contributed by atoms with Gasteiger partial charge in [-0.2, -0.15) is 27.2 Å². The van der Waals surface area contributed by atoms with E-state index in [4.69, 9.17) is 4.74 Å². The summed E-state index contributed by atoms with van der Waals surface area (Å²) >= 11 is 0. The van der Waals surface area contributed by atoms with Crippen LogP contribution in [0.5, 0.6) is 0 Å². The van der Waals surface area contributed by atoms with Crippen molar-refractivity contribution >= 4 is 0 Å². The maximum Gasteiger partial charge on any atom is 2.00 e. The Hall–Kier alpha value is -0.288. The topological polar surface area (TPSA) is 9.23 Å². The predicted molar refractivity (Wildman–Crippen MR) is 132 cm³/mol. The molecule has 0 amide bonds. The van der Waals surface area contributed by atoms with Crippen LogP contribution in [0, 0.1) is 54.8 Å². The van der Waals surface area contributed by atoms with Crippen LogP contribution in [-0.2, 0) is 4.74 Å². The van der Waals surface area contributed by atoms with Gasteiger partial charge >= 0.3 is 31.1 Å². The first kappa shape index (κ1) is 31.9. The van der Waals surface area contributed by atoms with Crippen LogP contribution in [0.1, 0.15) is 81.1 Å². The molecule has 0 saturated carbocycles. The average Bonchev–Trinajstić information content (AvgIpc) is 2.64. The van der Waals surface area contributed by atoms with E-state index in [0.717, 1.165) is 32.3 Å². The molecule has 0 fully saturated rings. The van der Waals surface area contributed by atoms with Crippen LogP contribution < -0.4 is 0 Å². The summed E-state index contributed by atoms with van der Waals surface area (Å²) in [5, 5.41) is 0. The summed E-state index contributed by atoms with van der Waals surface area (Å²) in [6.45, 7) is 17.5. The molecular formula is C28H46OU. The Morgan fingerprint density at radius 2 is 1.53 bits per heavy atom. The van der Waals surface area contributed by atoms with Gasteiger partial charge in [0, 0.05) is 23.0 Å². The summed E-state index contributed by atoms with van der Waals surface area (Å²) in [7, 11) is 0. The van der Waals surface area contributed by atoms with Crippen molar-refractivity contribution in [1.29, 1.82) is 0 Å². The van der Waals surface area contributed by atoms with E-state index in [1.54, 1.807) is 0 Å². The van der Waals surface area contributed by atoms with Crippen molar-refractivity contribution in [1.82, 2.24) is 0 Å². The molecule has 0 aromatic carbocycles. The standard InChI is InChI=1S/C23H33O.C4H9.CH4.U/c1-5-21(2,3)24-20-12-7-6-9-13-22(4)16-18-23(19-17-22)14-10-8-11-15-23;1-4(2)3;;/h9-11,13-19H,1,5-8,12,20H2,2-4H3;1-3H3;1H4;/q2*-1;;+2/b13-9-;;;. The molecule has 0 heterocycles. The van der Waals surface area contributed by atoms with Crippen molar-refractivity contribution in [3.8, 4) is 0 Å². The summed E-state index contributed by atoms with van der Waals surface area (Å²) in [6, 6.07) is 0. The van der Waals surface area contributed by atoms with Crippen LogP contribution in [0.4, 0.5) is 0 Å². The molecule has 0 radical (unpaired) electrons. The number of hydrogen-bond acceptors (Lipinski definition) is 1. The Labute approximate surface area is 212 Å². The smallest absolute Gasteiger partial charge is 0.378 e. The van der Waals surface area contributed by atoms with Crippen molar-refractivity contribution < 1.29 is 35.9 Å². The SMILES string of the molecule is C.C[C-](C)C.[CH2-]CC(C)(C)OCCCC/C=C\C1(C)C=CC2(C=CCC=C2)C=C1.[U+2]. The van der Waals surface area contributed by atoms with E-state index in [0.29, 0.717) is 0 Å². The molecule has 2 aliphatic rings. The van der Waals surface area contributed by atoms with Gasteiger partial charge in [0.1, 0.15) is 0 Å². The molecular weight excluding hydrogens is 590 g/mol. The van der Waals surface area contributed by atoms with Gasteiger partial charge in [-0.3, -0.25) is 0 Å². The summed E-state index contributed by atoms with van der Waals surface area (Å²) in [6.07, 6.45) is 28.2. The number of hydrogen-bond donors (Lipinski definition) is 0. The fraction of sp³-hybridized carbons (Fsp3) is 0.571. The Morgan fingerprint density at radius 1 is 1.00 bits per heavy atom. The first-order valence-electron chi connectivity index (χ1n) is 10.8. The maximum absolute atomic E-state index is 5.84. The van der Waals surface area contributed by atoms with Gasteiger partial charge in [-0.1, -0.05) is 68.2 Å². The van der Waals surface area contributed by atoms with Gasteiger partial charge in [-0.05, 0) is 46.5 Å². The van der Waals surface area contributed by atoms with E-state index < -0.39 is 0 Å². The van der Waals surface area contributed by atoms with Gasteiger partial charge in [0.2, 0.25) is 0 Å². The van der Waals surface area contributed by atoms with Gasteiger partial charge in [-0.25, -0.2) is 0 Å². The molecule has 0 N–H and O–H groups in total. The molecule has 0 bridgehead atoms. The molecule has 0 unspecified atom stereocenters. The van der Waals surface area contributed by atoms with Crippen LogP contribution >= 0.6 is 0 Å². The third-order valence-corrected chi connectivity index (χ3v) is 4.88. The minimum absolute atomic E-state index is 0. The van der Waals surface area contributed by atoms with E-state index in [-0.39, 0.29) is 55.0 Å². The van der Waals surface area contributed by atoms with Gasteiger partial charge < -0.3 is 17.6 Å². The molecule has 2 heteroatoms. The normalized spacial score (nSPS) is 18.1. The summed E-state index contributed by atoms with van der Waals surface area (Å²) in [5.74, 6) is 1.42. The predicted octanol–water partition coefficient (Wildman–Crippen LogP) is 8.62. The molecule has 0 saturated heterocycles. The second kappa shape index (κ2) is 15.5. The first-order chi connectivity index (χ1) is 13.1. The van der Waals surface area contributed by atoms with E-state index in [9.17, 15) is 0 Å². The third-order valence-electron chi connectivity index (χ3n) is 4.88. The number of ether oxygens (including phenoxy) is 1. The van der Waals surface area contributed by atoms with Crippen LogP contribution in [-0.4, -0.2) is 12.2 Å². The van der Waals surface area contributed by atoms with Gasteiger partial charge in [0.25, 0.3) is 0 Å². The molecule has 168 valence electrons. The van der Waals surface area contributed by atoms with Gasteiger partial charge in [0.15, 0.2) is 0 Å². The van der Waals surface area contributed by atoms with Crippen LogP contribution in [0.2, 0.25) is 0 Å². The molecule has 2 aliphatic carbocycles. The van der Waals surface area contributed by atoms with Crippen molar-refractivity contribution in [3.05, 3.63) is 73.6 Å². The summed E-state index contributed by atoms with van der Waals surface area (Å²) < 4.78 is 5.84. The second-order valence-corrected chi connectivity index (χ2v) is 9.33. The van der Waals surface area contributed by atoms with Crippen molar-refractivity contribution in [3.63, 3.8) is 0 Å². The molecule has 0 aliphatic heterocycles. The zero-order valence-corrected chi connectivity index (χ0v) is 23.8. The maximum atomic E-state index is 5.84. The number of rotatable bonds is 8. The van der Waals surface area contributed by atoms with Crippen LogP contribution in [0.25, 0.3) is 0 Å². The van der Waals surface area contributed by atoms with E-state index >= 15 is 0 Å². The Kier molecular flexibility index (Phi) is 16.5. The first-order valence-corrected chi connectivity index (χ1v) is 10.8. The Balaban J connectivity index is 0. The number of unbranched alkanes of at least 4 members (excludes halogenated alkanes) is 2. The summed E-state index contributed by atoms with van der Waals surface area (Å²) in [5.41, 5.74) is -0.0282. The van der Waals surface area contributed by atoms with E-state index in [1.807, 2.05) is 0 Å². The van der Waals surface area contributed by atoms with Crippen molar-refractivity contribution in [2.45, 2.75) is 86.7 Å². The largest absolute Gasteiger partial charge is 2.00 e. The monoisotopic (exact) mass is 636 g/mol. The zero-order chi connectivity index (χ0) is 21.1. The molecule has 0 aromatic rings. The van der Waals surface area contributed by atoms with Crippen LogP contribution in [0.15, 0.2) is 60.8 Å². The van der Waals surface area contributed by atoms with Gasteiger partial charge in [0.05, 0.1) is 0 Å². The molecule has 2 rings (SSSR count). The minimum atomic E-state index is -0.0844. The Morgan fingerprint density at radius 3 is 2.03 bits per heavy atom. The fourth-order valence-corrected chi connectivity index (χ4v) is 2.89. The molecule has 0 aromatic heterocycles. The van der Waals surface area contributed by atoms with Crippen molar-refractivity contribution in [2.75, 3.05) is 6.61 Å². The molecule has 30 heavy (non-hydrogen) atoms. The zero-order valence-electron chi connectivity index (χ0n) is 19.6. The van der Waals surface area contributed by atoms with E-state index in [1.165, 1.54) is 12.3 Å². The van der Waals surface area contributed by atoms with Crippen LogP contribution in [0.3, 0.4) is 0 Å². The van der Waals surface area contributed by atoms with Gasteiger partial charge in [-0.15, -0.1) is 0 Å². The third kappa shape index (κ3) is 13.2. The second-order valence-electron chi connectivity index (χ2n) is 9.33. The number of allylic oxidation sites excluding steroid dienone is 10. The quantitative estimate of drug-likeness (QED) is 0.147. The molecule has 1 spiro atoms. The summed E-state index contributed by atoms with van der Waals surface area (Å²) in [4.78, 5) is 0. The van der Waals surface area contributed by atoms with Crippen molar-refractivity contribution in [2.24, 2.45) is 10.8 Å². The fourth-order valence-electron chi connectivity index (χ4n) is 2.89. The van der Waals surface area contributed by atoms with E-state index in [2.05, 4.69) is 109 Å². The average molecular weight is 637 g/mol. The molecule has 1 nitrogen and oxygen atoms in total. The Bertz CT molecular complexity index is 559. The molecule has 0 atom stereocenters.